The quantitative estimate of drug-likeness (QED) is 0.350. The highest BCUT2D eigenvalue weighted by Gasteiger charge is 2.25. The molecule has 0 saturated carbocycles. The van der Waals surface area contributed by atoms with Crippen LogP contribution in [0.3, 0.4) is 0 Å². The number of aromatic nitrogens is 5. The lowest BCUT2D eigenvalue weighted by atomic mass is 9.96. The Morgan fingerprint density at radius 2 is 1.92 bits per heavy atom. The molecule has 0 aliphatic heterocycles. The number of ether oxygens (including phenoxy) is 1. The molecule has 0 atom stereocenters. The van der Waals surface area contributed by atoms with E-state index >= 15 is 4.39 Å². The average Bonchev–Trinajstić information content (AvgIpc) is 3.19. The second kappa shape index (κ2) is 9.06. The van der Waals surface area contributed by atoms with Gasteiger partial charge in [0.2, 0.25) is 0 Å². The van der Waals surface area contributed by atoms with Crippen molar-refractivity contribution in [1.29, 1.82) is 5.26 Å². The molecule has 1 aromatic carbocycles. The molecular formula is C28H20FN7O. The van der Waals surface area contributed by atoms with Gasteiger partial charge in [0.15, 0.2) is 11.6 Å². The number of nitrogen functional groups attached to an aromatic ring is 1. The molecule has 5 rings (SSSR count). The summed E-state index contributed by atoms with van der Waals surface area (Å²) in [6.07, 6.45) is 10.2. The summed E-state index contributed by atoms with van der Waals surface area (Å²) >= 11 is 0. The van der Waals surface area contributed by atoms with Crippen LogP contribution in [0.1, 0.15) is 22.5 Å². The minimum atomic E-state index is -0.619. The van der Waals surface area contributed by atoms with Gasteiger partial charge in [-0.15, -0.1) is 6.42 Å². The number of rotatable bonds is 4. The van der Waals surface area contributed by atoms with Crippen LogP contribution in [0.2, 0.25) is 0 Å². The molecule has 0 aliphatic carbocycles. The number of nitrogens with two attached hydrogens (primary N) is 1. The smallest absolute Gasteiger partial charge is 0.322 e. The molecule has 0 spiro atoms. The van der Waals surface area contributed by atoms with Crippen LogP contribution in [0.5, 0.6) is 11.8 Å². The summed E-state index contributed by atoms with van der Waals surface area (Å²) in [6.45, 7) is 3.70. The van der Waals surface area contributed by atoms with E-state index in [1.807, 2.05) is 18.5 Å². The maximum atomic E-state index is 15.4. The third-order valence-electron chi connectivity index (χ3n) is 6.07. The Labute approximate surface area is 212 Å². The molecule has 0 radical (unpaired) electrons. The highest BCUT2D eigenvalue weighted by Crippen LogP contribution is 2.44. The van der Waals surface area contributed by atoms with Crippen molar-refractivity contribution in [3.63, 3.8) is 0 Å². The predicted octanol–water partition coefficient (Wildman–Crippen LogP) is 5.08. The number of hydrogen-bond acceptors (Lipinski definition) is 7. The Kier molecular flexibility index (Phi) is 5.75. The Balaban J connectivity index is 1.77. The minimum Gasteiger partial charge on any atom is -0.421 e. The van der Waals surface area contributed by atoms with Crippen LogP contribution in [-0.4, -0.2) is 24.5 Å². The van der Waals surface area contributed by atoms with Crippen molar-refractivity contribution in [3.8, 4) is 52.6 Å². The van der Waals surface area contributed by atoms with Crippen molar-refractivity contribution in [1.82, 2.24) is 24.5 Å². The summed E-state index contributed by atoms with van der Waals surface area (Å²) in [5.41, 5.74) is 11.9. The van der Waals surface area contributed by atoms with Gasteiger partial charge < -0.3 is 15.0 Å². The summed E-state index contributed by atoms with van der Waals surface area (Å²) in [5.74, 6) is 2.10. The molecule has 9 heteroatoms. The molecule has 0 aliphatic rings. The summed E-state index contributed by atoms with van der Waals surface area (Å²) in [6, 6.07) is 10.3. The number of nitriles is 1. The zero-order chi connectivity index (χ0) is 26.3. The molecule has 0 fully saturated rings. The van der Waals surface area contributed by atoms with E-state index in [9.17, 15) is 5.26 Å². The molecule has 0 bridgehead atoms. The summed E-state index contributed by atoms with van der Waals surface area (Å²) in [7, 11) is 1.82. The van der Waals surface area contributed by atoms with Crippen LogP contribution in [0.4, 0.5) is 10.2 Å². The number of pyridine rings is 2. The Morgan fingerprint density at radius 3 is 2.59 bits per heavy atom. The van der Waals surface area contributed by atoms with Crippen LogP contribution < -0.4 is 10.5 Å². The van der Waals surface area contributed by atoms with E-state index in [1.165, 1.54) is 24.5 Å². The topological polar surface area (TPSA) is 116 Å². The molecule has 4 aromatic heterocycles. The van der Waals surface area contributed by atoms with E-state index < -0.39 is 5.82 Å². The lowest BCUT2D eigenvalue weighted by Gasteiger charge is -2.13. The SMILES string of the molecule is C#Cc1cc(C)c(-c2c(-c3ccc(Oc4nccc(C)n4)c(F)c3)c3c(N)ncc(C#N)c3n2C)cn1. The van der Waals surface area contributed by atoms with Crippen LogP contribution in [0.25, 0.3) is 33.3 Å². The lowest BCUT2D eigenvalue weighted by molar-refractivity contribution is 0.410. The number of fused-ring (bicyclic) bond motifs is 1. The third kappa shape index (κ3) is 3.99. The second-order valence-corrected chi connectivity index (χ2v) is 8.43. The maximum absolute atomic E-state index is 15.4. The number of halogens is 1. The minimum absolute atomic E-state index is 0.0313. The average molecular weight is 490 g/mol. The summed E-state index contributed by atoms with van der Waals surface area (Å²) in [5, 5.41) is 10.3. The molecule has 8 nitrogen and oxygen atoms in total. The van der Waals surface area contributed by atoms with Crippen molar-refractivity contribution < 1.29 is 9.13 Å². The van der Waals surface area contributed by atoms with Gasteiger partial charge in [0, 0.05) is 42.5 Å². The van der Waals surface area contributed by atoms with Gasteiger partial charge in [-0.1, -0.05) is 12.0 Å². The highest BCUT2D eigenvalue weighted by atomic mass is 19.1. The van der Waals surface area contributed by atoms with Gasteiger partial charge in [-0.2, -0.15) is 5.26 Å². The fourth-order valence-electron chi connectivity index (χ4n) is 4.38. The molecule has 37 heavy (non-hydrogen) atoms. The summed E-state index contributed by atoms with van der Waals surface area (Å²) < 4.78 is 22.8. The second-order valence-electron chi connectivity index (χ2n) is 8.43. The van der Waals surface area contributed by atoms with Crippen molar-refractivity contribution in [2.24, 2.45) is 7.05 Å². The first-order valence-electron chi connectivity index (χ1n) is 11.2. The number of benzene rings is 1. The maximum Gasteiger partial charge on any atom is 0.322 e. The van der Waals surface area contributed by atoms with Crippen LogP contribution in [0.15, 0.2) is 48.9 Å². The normalized spacial score (nSPS) is 10.8. The molecule has 180 valence electrons. The van der Waals surface area contributed by atoms with Crippen LogP contribution in [0, 0.1) is 43.3 Å². The lowest BCUT2D eigenvalue weighted by Crippen LogP contribution is -1.98. The van der Waals surface area contributed by atoms with Crippen LogP contribution in [-0.2, 0) is 7.05 Å². The van der Waals surface area contributed by atoms with Crippen molar-refractivity contribution in [3.05, 3.63) is 77.3 Å². The highest BCUT2D eigenvalue weighted by molar-refractivity contribution is 6.10. The molecule has 0 amide bonds. The van der Waals surface area contributed by atoms with E-state index in [0.29, 0.717) is 44.7 Å². The molecule has 4 heterocycles. The van der Waals surface area contributed by atoms with Gasteiger partial charge in [0.25, 0.3) is 0 Å². The van der Waals surface area contributed by atoms with Crippen LogP contribution >= 0.6 is 0 Å². The first kappa shape index (κ1) is 23.5. The van der Waals surface area contributed by atoms with Gasteiger partial charge in [-0.3, -0.25) is 0 Å². The van der Waals surface area contributed by atoms with E-state index in [1.54, 1.807) is 31.3 Å². The van der Waals surface area contributed by atoms with Gasteiger partial charge in [-0.25, -0.2) is 24.3 Å². The van der Waals surface area contributed by atoms with Gasteiger partial charge in [0.1, 0.15) is 17.6 Å². The van der Waals surface area contributed by atoms with Gasteiger partial charge >= 0.3 is 6.01 Å². The van der Waals surface area contributed by atoms with E-state index in [-0.39, 0.29) is 17.6 Å². The Morgan fingerprint density at radius 1 is 1.11 bits per heavy atom. The standard InChI is InChI=1S/C28H20FN7O/c1-5-19-10-15(2)20(14-33-19)26-23(24-25(36(26)4)18(12-30)13-34-27(24)31)17-6-7-22(21(29)11-17)37-28-32-9-8-16(3)35-28/h1,6-11,13-14H,2-4H3,(H2,31,34). The molecule has 5 aromatic rings. The van der Waals surface area contributed by atoms with Crippen molar-refractivity contribution in [2.45, 2.75) is 13.8 Å². The molecule has 0 unspecified atom stereocenters. The zero-order valence-electron chi connectivity index (χ0n) is 20.2. The number of aryl methyl sites for hydroxylation is 3. The first-order chi connectivity index (χ1) is 17.8. The van der Waals surface area contributed by atoms with Gasteiger partial charge in [0.05, 0.1) is 22.2 Å². The monoisotopic (exact) mass is 489 g/mol. The van der Waals surface area contributed by atoms with Crippen molar-refractivity contribution in [2.75, 3.05) is 5.73 Å². The van der Waals surface area contributed by atoms with Gasteiger partial charge in [-0.05, 0) is 49.2 Å². The molecular weight excluding hydrogens is 469 g/mol. The largest absolute Gasteiger partial charge is 0.421 e. The molecule has 2 N–H and O–H groups in total. The zero-order valence-corrected chi connectivity index (χ0v) is 20.2. The first-order valence-corrected chi connectivity index (χ1v) is 11.2. The number of hydrogen-bond donors (Lipinski definition) is 1. The van der Waals surface area contributed by atoms with Crippen molar-refractivity contribution >= 4 is 16.7 Å². The fraction of sp³-hybridized carbons (Fsp3) is 0.107. The Bertz CT molecular complexity index is 1790. The number of nitrogens with zero attached hydrogens (tertiary/aromatic N) is 6. The van der Waals surface area contributed by atoms with E-state index in [4.69, 9.17) is 16.9 Å². The third-order valence-corrected chi connectivity index (χ3v) is 6.07. The predicted molar refractivity (Wildman–Crippen MR) is 138 cm³/mol. The summed E-state index contributed by atoms with van der Waals surface area (Å²) in [4.78, 5) is 16.8. The van der Waals surface area contributed by atoms with E-state index in [0.717, 1.165) is 11.1 Å². The Hall–Kier alpha value is -5.28. The van der Waals surface area contributed by atoms with E-state index in [2.05, 4.69) is 31.9 Å². The fourth-order valence-corrected chi connectivity index (χ4v) is 4.38. The number of terminal acetylenes is 1. The number of anilines is 1. The molecule has 0 saturated heterocycles.